The van der Waals surface area contributed by atoms with Gasteiger partial charge in [-0.3, -0.25) is 0 Å². The molecule has 0 aliphatic carbocycles. The lowest BCUT2D eigenvalue weighted by Gasteiger charge is -2.23. The van der Waals surface area contributed by atoms with Crippen LogP contribution in [0.1, 0.15) is 6.92 Å². The van der Waals surface area contributed by atoms with E-state index in [2.05, 4.69) is 0 Å². The highest BCUT2D eigenvalue weighted by Crippen LogP contribution is 2.21. The summed E-state index contributed by atoms with van der Waals surface area (Å²) in [6.07, 6.45) is 0. The summed E-state index contributed by atoms with van der Waals surface area (Å²) in [5.41, 5.74) is 0. The first-order chi connectivity index (χ1) is 9.10. The van der Waals surface area contributed by atoms with E-state index in [4.69, 9.17) is 4.74 Å². The molecule has 0 bridgehead atoms. The first-order valence-corrected chi connectivity index (χ1v) is 8.44. The Bertz CT molecular complexity index is 672. The fraction of sp³-hybridized carbons (Fsp3) is 0.455. The summed E-state index contributed by atoms with van der Waals surface area (Å²) < 4.78 is 65.0. The van der Waals surface area contributed by atoms with Crippen LogP contribution in [0.4, 0.5) is 3.89 Å². The molecule has 0 fully saturated rings. The summed E-state index contributed by atoms with van der Waals surface area (Å²) in [5, 5.41) is 0. The van der Waals surface area contributed by atoms with Crippen molar-refractivity contribution in [2.75, 3.05) is 20.8 Å². The van der Waals surface area contributed by atoms with E-state index in [1.165, 1.54) is 26.3 Å². The number of hydrogen-bond acceptors (Lipinski definition) is 5. The molecule has 0 aliphatic rings. The highest BCUT2D eigenvalue weighted by molar-refractivity contribution is 7.89. The molecule has 0 radical (unpaired) electrons. The Labute approximate surface area is 118 Å². The van der Waals surface area contributed by atoms with Gasteiger partial charge >= 0.3 is 10.2 Å². The lowest BCUT2D eigenvalue weighted by Crippen LogP contribution is -2.37. The summed E-state index contributed by atoms with van der Waals surface area (Å²) in [6.45, 7) is 1.81. The smallest absolute Gasteiger partial charge is 0.332 e. The molecule has 20 heavy (non-hydrogen) atoms. The largest absolute Gasteiger partial charge is 0.383 e. The van der Waals surface area contributed by atoms with Gasteiger partial charge in [0.05, 0.1) is 16.4 Å². The van der Waals surface area contributed by atoms with Crippen molar-refractivity contribution in [1.29, 1.82) is 0 Å². The van der Waals surface area contributed by atoms with Gasteiger partial charge in [0.15, 0.2) is 0 Å². The van der Waals surface area contributed by atoms with Crippen LogP contribution in [0.15, 0.2) is 34.1 Å². The molecule has 0 saturated carbocycles. The van der Waals surface area contributed by atoms with Crippen molar-refractivity contribution in [2.45, 2.75) is 22.8 Å². The van der Waals surface area contributed by atoms with E-state index in [1.807, 2.05) is 0 Å². The predicted molar refractivity (Wildman–Crippen MR) is 71.0 cm³/mol. The lowest BCUT2D eigenvalue weighted by molar-refractivity contribution is 0.149. The van der Waals surface area contributed by atoms with Gasteiger partial charge in [-0.05, 0) is 25.1 Å². The van der Waals surface area contributed by atoms with Gasteiger partial charge in [0, 0.05) is 20.2 Å². The molecular formula is C11H16FNO5S2. The Kier molecular flexibility index (Phi) is 5.25. The molecule has 1 unspecified atom stereocenters. The van der Waals surface area contributed by atoms with Gasteiger partial charge in [-0.25, -0.2) is 8.42 Å². The number of likely N-dealkylation sites (N-methyl/N-ethyl adjacent to an activating group) is 1. The normalized spacial score (nSPS) is 14.4. The number of benzene rings is 1. The standard InChI is InChI=1S/C11H16FNO5S2/c1-9(8-18-3)13(2)20(16,17)11-6-4-5-10(7-11)19(12,14)15/h4-7,9H,8H2,1-3H3. The van der Waals surface area contributed by atoms with Crippen LogP contribution in [0, 0.1) is 0 Å². The molecule has 0 amide bonds. The van der Waals surface area contributed by atoms with E-state index >= 15 is 0 Å². The first kappa shape index (κ1) is 17.0. The third kappa shape index (κ3) is 3.75. The van der Waals surface area contributed by atoms with Crippen molar-refractivity contribution in [3.63, 3.8) is 0 Å². The minimum Gasteiger partial charge on any atom is -0.383 e. The Balaban J connectivity index is 3.23. The number of methoxy groups -OCH3 is 1. The van der Waals surface area contributed by atoms with Crippen molar-refractivity contribution in [3.8, 4) is 0 Å². The van der Waals surface area contributed by atoms with Gasteiger partial charge in [0.2, 0.25) is 10.0 Å². The molecule has 114 valence electrons. The molecule has 0 saturated heterocycles. The maximum absolute atomic E-state index is 12.9. The van der Waals surface area contributed by atoms with Crippen LogP contribution < -0.4 is 0 Å². The number of ether oxygens (including phenoxy) is 1. The van der Waals surface area contributed by atoms with Gasteiger partial charge in [0.25, 0.3) is 0 Å². The number of halogens is 1. The zero-order chi connectivity index (χ0) is 15.6. The summed E-state index contributed by atoms with van der Waals surface area (Å²) in [7, 11) is -6.09. The number of hydrogen-bond donors (Lipinski definition) is 0. The Morgan fingerprint density at radius 1 is 1.25 bits per heavy atom. The van der Waals surface area contributed by atoms with Crippen LogP contribution in [0.5, 0.6) is 0 Å². The average molecular weight is 325 g/mol. The molecule has 9 heteroatoms. The van der Waals surface area contributed by atoms with Crippen LogP contribution in [0.2, 0.25) is 0 Å². The van der Waals surface area contributed by atoms with Crippen molar-refractivity contribution in [3.05, 3.63) is 24.3 Å². The minimum absolute atomic E-state index is 0.177. The van der Waals surface area contributed by atoms with Gasteiger partial charge in [-0.1, -0.05) is 6.07 Å². The topological polar surface area (TPSA) is 80.8 Å². The zero-order valence-corrected chi connectivity index (χ0v) is 12.9. The van der Waals surface area contributed by atoms with E-state index in [0.717, 1.165) is 16.4 Å². The molecule has 1 aromatic carbocycles. The lowest BCUT2D eigenvalue weighted by atomic mass is 10.4. The maximum atomic E-state index is 12.9. The second-order valence-corrected chi connectivity index (χ2v) is 7.58. The number of sulfonamides is 1. The van der Waals surface area contributed by atoms with Crippen molar-refractivity contribution in [2.24, 2.45) is 0 Å². The first-order valence-electron chi connectivity index (χ1n) is 5.62. The SMILES string of the molecule is COCC(C)N(C)S(=O)(=O)c1cccc(S(=O)(=O)F)c1. The molecule has 0 heterocycles. The Morgan fingerprint density at radius 2 is 1.80 bits per heavy atom. The third-order valence-electron chi connectivity index (χ3n) is 2.79. The fourth-order valence-corrected chi connectivity index (χ4v) is 3.51. The molecule has 1 atom stereocenters. The van der Waals surface area contributed by atoms with Crippen LogP contribution in [0.25, 0.3) is 0 Å². The summed E-state index contributed by atoms with van der Waals surface area (Å²) >= 11 is 0. The second-order valence-electron chi connectivity index (χ2n) is 4.24. The van der Waals surface area contributed by atoms with Crippen LogP contribution in [0.3, 0.4) is 0 Å². The Morgan fingerprint density at radius 3 is 2.30 bits per heavy atom. The molecule has 0 aliphatic heterocycles. The molecule has 1 aromatic rings. The van der Waals surface area contributed by atoms with Gasteiger partial charge in [-0.15, -0.1) is 3.89 Å². The fourth-order valence-electron chi connectivity index (χ4n) is 1.54. The van der Waals surface area contributed by atoms with E-state index in [9.17, 15) is 20.7 Å². The zero-order valence-electron chi connectivity index (χ0n) is 11.3. The monoisotopic (exact) mass is 325 g/mol. The van der Waals surface area contributed by atoms with Gasteiger partial charge < -0.3 is 4.74 Å². The summed E-state index contributed by atoms with van der Waals surface area (Å²) in [6, 6.07) is 3.72. The van der Waals surface area contributed by atoms with Crippen molar-refractivity contribution in [1.82, 2.24) is 4.31 Å². The van der Waals surface area contributed by atoms with Crippen molar-refractivity contribution >= 4 is 20.2 Å². The van der Waals surface area contributed by atoms with E-state index < -0.39 is 31.2 Å². The number of nitrogens with zero attached hydrogens (tertiary/aromatic N) is 1. The van der Waals surface area contributed by atoms with E-state index in [0.29, 0.717) is 0 Å². The summed E-state index contributed by atoms with van der Waals surface area (Å²) in [5.74, 6) is 0. The molecule has 1 rings (SSSR count). The molecule has 0 spiro atoms. The van der Waals surface area contributed by atoms with Gasteiger partial charge in [-0.2, -0.15) is 12.7 Å². The van der Waals surface area contributed by atoms with Crippen molar-refractivity contribution < 1.29 is 25.5 Å². The second kappa shape index (κ2) is 6.17. The highest BCUT2D eigenvalue weighted by atomic mass is 32.3. The van der Waals surface area contributed by atoms with Crippen LogP contribution in [-0.4, -0.2) is 47.9 Å². The average Bonchev–Trinajstić information content (AvgIpc) is 2.37. The molecule has 6 nitrogen and oxygen atoms in total. The van der Waals surface area contributed by atoms with Crippen LogP contribution >= 0.6 is 0 Å². The van der Waals surface area contributed by atoms with Gasteiger partial charge in [0.1, 0.15) is 0 Å². The van der Waals surface area contributed by atoms with Crippen LogP contribution in [-0.2, 0) is 25.0 Å². The van der Waals surface area contributed by atoms with E-state index in [-0.39, 0.29) is 11.5 Å². The predicted octanol–water partition coefficient (Wildman–Crippen LogP) is 1.00. The molecule has 0 aromatic heterocycles. The highest BCUT2D eigenvalue weighted by Gasteiger charge is 2.26. The number of rotatable bonds is 6. The quantitative estimate of drug-likeness (QED) is 0.729. The summed E-state index contributed by atoms with van der Waals surface area (Å²) in [4.78, 5) is -0.979. The maximum Gasteiger partial charge on any atom is 0.332 e. The van der Waals surface area contributed by atoms with E-state index in [1.54, 1.807) is 6.92 Å². The minimum atomic E-state index is -4.95. The molecule has 0 N–H and O–H groups in total. The third-order valence-corrected chi connectivity index (χ3v) is 5.58. The molecular weight excluding hydrogens is 309 g/mol. The Hall–Kier alpha value is -1.03.